The minimum atomic E-state index is -2.97. The second-order valence-corrected chi connectivity index (χ2v) is 9.11. The van der Waals surface area contributed by atoms with Crippen molar-refractivity contribution >= 4 is 29.0 Å². The van der Waals surface area contributed by atoms with E-state index in [1.54, 1.807) is 13.0 Å². The molecule has 10 heteroatoms. The van der Waals surface area contributed by atoms with Crippen molar-refractivity contribution in [3.05, 3.63) is 29.3 Å². The average Bonchev–Trinajstić information content (AvgIpc) is 2.70. The summed E-state index contributed by atoms with van der Waals surface area (Å²) in [5, 5.41) is 33.1. The average molecular weight is 444 g/mol. The minimum absolute atomic E-state index is 0.112. The Bertz CT molecular complexity index is 1080. The Labute approximate surface area is 183 Å². The largest absolute Gasteiger partial charge is 0.507 e. The first kappa shape index (κ1) is 22.3. The van der Waals surface area contributed by atoms with E-state index in [0.29, 0.717) is 5.56 Å². The van der Waals surface area contributed by atoms with Gasteiger partial charge in [-0.3, -0.25) is 28.9 Å². The van der Waals surface area contributed by atoms with E-state index in [0.717, 1.165) is 0 Å². The smallest absolute Gasteiger partial charge is 0.235 e. The molecule has 0 spiro atoms. The number of primary amides is 1. The SMILES string of the molecule is C[C@@H]1c2cccc(O)c2C(=O)C2C(=O)[C@@]3(O)C(=O)C(C(N)=O)C(=O)[C@H](N(C)C)[C@H]3[C@H](O)[C@H]21. The predicted molar refractivity (Wildman–Crippen MR) is 107 cm³/mol. The van der Waals surface area contributed by atoms with Crippen LogP contribution < -0.4 is 5.73 Å². The van der Waals surface area contributed by atoms with Crippen LogP contribution in [-0.2, 0) is 19.2 Å². The van der Waals surface area contributed by atoms with E-state index >= 15 is 0 Å². The Balaban J connectivity index is 1.96. The molecule has 2 fully saturated rings. The van der Waals surface area contributed by atoms with Gasteiger partial charge >= 0.3 is 0 Å². The van der Waals surface area contributed by atoms with Crippen molar-refractivity contribution in [3.8, 4) is 5.75 Å². The van der Waals surface area contributed by atoms with Crippen molar-refractivity contribution in [1.82, 2.24) is 4.90 Å². The Morgan fingerprint density at radius 3 is 2.31 bits per heavy atom. The van der Waals surface area contributed by atoms with Crippen LogP contribution in [0.3, 0.4) is 0 Å². The summed E-state index contributed by atoms with van der Waals surface area (Å²) in [5.41, 5.74) is 2.58. The van der Waals surface area contributed by atoms with E-state index < -0.39 is 76.4 Å². The van der Waals surface area contributed by atoms with Gasteiger partial charge in [-0.2, -0.15) is 0 Å². The van der Waals surface area contributed by atoms with Crippen LogP contribution in [0.25, 0.3) is 0 Å². The van der Waals surface area contributed by atoms with Crippen molar-refractivity contribution in [2.45, 2.75) is 30.6 Å². The molecule has 1 aromatic carbocycles. The number of hydrogen-bond acceptors (Lipinski definition) is 9. The van der Waals surface area contributed by atoms with Crippen molar-refractivity contribution in [2.24, 2.45) is 29.4 Å². The number of aromatic hydroxyl groups is 1. The number of carbonyl (C=O) groups is 5. The van der Waals surface area contributed by atoms with Gasteiger partial charge in [0.25, 0.3) is 0 Å². The number of nitrogens with two attached hydrogens (primary N) is 1. The highest BCUT2D eigenvalue weighted by Crippen LogP contribution is 2.54. The first-order valence-corrected chi connectivity index (χ1v) is 10.2. The summed E-state index contributed by atoms with van der Waals surface area (Å²) in [6, 6.07) is 3.03. The van der Waals surface area contributed by atoms with Gasteiger partial charge in [-0.15, -0.1) is 0 Å². The summed E-state index contributed by atoms with van der Waals surface area (Å²) in [5.74, 6) is -13.1. The lowest BCUT2D eigenvalue weighted by molar-refractivity contribution is -0.196. The lowest BCUT2D eigenvalue weighted by Crippen LogP contribution is -2.77. The van der Waals surface area contributed by atoms with Crippen LogP contribution in [0.1, 0.15) is 28.8 Å². The first-order valence-electron chi connectivity index (χ1n) is 10.2. The fourth-order valence-corrected chi connectivity index (χ4v) is 5.95. The van der Waals surface area contributed by atoms with Crippen LogP contribution in [0.15, 0.2) is 18.2 Å². The van der Waals surface area contributed by atoms with Crippen LogP contribution in [0.4, 0.5) is 0 Å². The molecule has 1 amide bonds. The van der Waals surface area contributed by atoms with Crippen molar-refractivity contribution in [1.29, 1.82) is 0 Å². The normalized spacial score (nSPS) is 38.9. The van der Waals surface area contributed by atoms with Gasteiger partial charge < -0.3 is 21.1 Å². The van der Waals surface area contributed by atoms with Crippen molar-refractivity contribution < 1.29 is 39.3 Å². The lowest BCUT2D eigenvalue weighted by atomic mass is 9.49. The second-order valence-electron chi connectivity index (χ2n) is 9.11. The molecule has 3 aliphatic rings. The monoisotopic (exact) mass is 444 g/mol. The molecule has 4 rings (SSSR count). The number of aliphatic hydroxyl groups is 2. The molecule has 0 aliphatic heterocycles. The predicted octanol–water partition coefficient (Wildman–Crippen LogP) is -1.60. The number of nitrogens with zero attached hydrogens (tertiary/aromatic N) is 1. The molecule has 0 heterocycles. The molecular weight excluding hydrogens is 420 g/mol. The number of Topliss-reactive ketones (excluding diaryl/α,β-unsaturated/α-hetero) is 4. The van der Waals surface area contributed by atoms with Gasteiger partial charge in [-0.25, -0.2) is 0 Å². The Kier molecular flexibility index (Phi) is 4.89. The molecule has 10 nitrogen and oxygen atoms in total. The summed E-state index contributed by atoms with van der Waals surface area (Å²) in [4.78, 5) is 66.3. The van der Waals surface area contributed by atoms with Gasteiger partial charge in [-0.1, -0.05) is 19.1 Å². The van der Waals surface area contributed by atoms with Crippen LogP contribution in [0.5, 0.6) is 5.75 Å². The molecular formula is C22H24N2O8. The zero-order chi connectivity index (χ0) is 23.9. The minimum Gasteiger partial charge on any atom is -0.507 e. The summed E-state index contributed by atoms with van der Waals surface area (Å²) in [6.45, 7) is 1.66. The maximum absolute atomic E-state index is 13.6. The van der Waals surface area contributed by atoms with Crippen molar-refractivity contribution in [2.75, 3.05) is 14.1 Å². The molecule has 170 valence electrons. The standard InChI is InChI=1S/C22H24N2O8/c1-7-8-5-4-6-9(25)11(8)16(26)12-10(7)17(27)14-15(24(2)3)18(28)13(21(23)31)20(30)22(14,32)19(12)29/h4-7,10,12-15,17,25,27,32H,1-3H3,(H2,23,31)/t7-,10+,12?,13?,14+,15-,17-,22-/m1/s1. The third kappa shape index (κ3) is 2.54. The number of fused-ring (bicyclic) bond motifs is 3. The number of carbonyl (C=O) groups excluding carboxylic acids is 5. The third-order valence-corrected chi connectivity index (χ3v) is 7.35. The van der Waals surface area contributed by atoms with E-state index in [1.165, 1.54) is 31.1 Å². The number of phenols is 1. The Morgan fingerprint density at radius 1 is 1.12 bits per heavy atom. The molecule has 5 N–H and O–H groups in total. The number of hydrogen-bond donors (Lipinski definition) is 4. The van der Waals surface area contributed by atoms with Gasteiger partial charge in [-0.05, 0) is 31.6 Å². The van der Waals surface area contributed by atoms with Gasteiger partial charge in [0.05, 0.1) is 29.5 Å². The molecule has 0 aromatic heterocycles. The van der Waals surface area contributed by atoms with Crippen LogP contribution >= 0.6 is 0 Å². The molecule has 0 radical (unpaired) electrons. The first-order chi connectivity index (χ1) is 14.9. The van der Waals surface area contributed by atoms with E-state index in [4.69, 9.17) is 5.73 Å². The number of phenolic OH excluding ortho intramolecular Hbond substituents is 1. The highest BCUT2D eigenvalue weighted by molar-refractivity contribution is 6.32. The highest BCUT2D eigenvalue weighted by Gasteiger charge is 2.72. The number of aliphatic hydroxyl groups excluding tert-OH is 1. The summed E-state index contributed by atoms with van der Waals surface area (Å²) >= 11 is 0. The molecule has 0 saturated heterocycles. The zero-order valence-corrected chi connectivity index (χ0v) is 17.7. The van der Waals surface area contributed by atoms with E-state index in [1.807, 2.05) is 0 Å². The molecule has 2 saturated carbocycles. The zero-order valence-electron chi connectivity index (χ0n) is 17.7. The molecule has 2 unspecified atom stereocenters. The quantitative estimate of drug-likeness (QED) is 0.391. The Hall–Kier alpha value is -2.95. The maximum atomic E-state index is 13.6. The topological polar surface area (TPSA) is 175 Å². The fraction of sp³-hybridized carbons (Fsp3) is 0.500. The van der Waals surface area contributed by atoms with Crippen LogP contribution in [-0.4, -0.2) is 81.1 Å². The molecule has 8 atom stereocenters. The lowest BCUT2D eigenvalue weighted by Gasteiger charge is -2.55. The highest BCUT2D eigenvalue weighted by atomic mass is 16.3. The summed E-state index contributed by atoms with van der Waals surface area (Å²) in [6.07, 6.45) is -1.62. The van der Waals surface area contributed by atoms with Gasteiger partial charge in [0.1, 0.15) is 5.75 Å². The second kappa shape index (κ2) is 7.03. The molecule has 0 bridgehead atoms. The summed E-state index contributed by atoms with van der Waals surface area (Å²) < 4.78 is 0. The molecule has 3 aliphatic carbocycles. The number of rotatable bonds is 2. The molecule has 32 heavy (non-hydrogen) atoms. The summed E-state index contributed by atoms with van der Waals surface area (Å²) in [7, 11) is 2.89. The Morgan fingerprint density at radius 2 is 1.75 bits per heavy atom. The number of likely N-dealkylation sites (N-methyl/N-ethyl adjacent to an activating group) is 1. The van der Waals surface area contributed by atoms with Crippen LogP contribution in [0.2, 0.25) is 0 Å². The third-order valence-electron chi connectivity index (χ3n) is 7.35. The van der Waals surface area contributed by atoms with E-state index in [2.05, 4.69) is 0 Å². The van der Waals surface area contributed by atoms with E-state index in [9.17, 15) is 39.3 Å². The number of benzene rings is 1. The van der Waals surface area contributed by atoms with Crippen LogP contribution in [0, 0.1) is 23.7 Å². The van der Waals surface area contributed by atoms with Crippen molar-refractivity contribution in [3.63, 3.8) is 0 Å². The van der Waals surface area contributed by atoms with E-state index in [-0.39, 0.29) is 11.3 Å². The molecule has 1 aromatic rings. The fourth-order valence-electron chi connectivity index (χ4n) is 5.95. The number of ketones is 4. The van der Waals surface area contributed by atoms with Gasteiger partial charge in [0, 0.05) is 5.92 Å². The van der Waals surface area contributed by atoms with Gasteiger partial charge in [0.15, 0.2) is 34.7 Å². The maximum Gasteiger partial charge on any atom is 0.235 e. The number of amides is 1. The van der Waals surface area contributed by atoms with Gasteiger partial charge in [0.2, 0.25) is 5.91 Å².